The van der Waals surface area contributed by atoms with Crippen molar-refractivity contribution in [1.29, 1.82) is 0 Å². The van der Waals surface area contributed by atoms with Gasteiger partial charge in [-0.3, -0.25) is 9.48 Å². The summed E-state index contributed by atoms with van der Waals surface area (Å²) in [5.41, 5.74) is 2.39. The summed E-state index contributed by atoms with van der Waals surface area (Å²) in [6, 6.07) is 7.72. The van der Waals surface area contributed by atoms with E-state index in [0.717, 1.165) is 29.6 Å². The quantitative estimate of drug-likeness (QED) is 0.574. The highest BCUT2D eigenvalue weighted by Gasteiger charge is 2.26. The van der Waals surface area contributed by atoms with E-state index in [-0.39, 0.29) is 23.8 Å². The number of morpholine rings is 1. The molecule has 2 aromatic heterocycles. The average molecular weight is 458 g/mol. The lowest BCUT2D eigenvalue weighted by molar-refractivity contribution is 0.0978. The molecule has 1 fully saturated rings. The van der Waals surface area contributed by atoms with Gasteiger partial charge in [-0.25, -0.2) is 9.37 Å². The third-order valence-corrected chi connectivity index (χ3v) is 6.22. The molecule has 0 N–H and O–H groups in total. The zero-order chi connectivity index (χ0) is 22.9. The molecule has 0 unspecified atom stereocenters. The molecular formula is C23H28FN5O2S. The van der Waals surface area contributed by atoms with Gasteiger partial charge < -0.3 is 14.5 Å². The van der Waals surface area contributed by atoms with Crippen LogP contribution in [0.25, 0.3) is 0 Å². The molecule has 7 nitrogen and oxygen atoms in total. The van der Waals surface area contributed by atoms with Crippen LogP contribution in [0.15, 0.2) is 35.7 Å². The van der Waals surface area contributed by atoms with E-state index in [2.05, 4.69) is 10.00 Å². The van der Waals surface area contributed by atoms with E-state index in [0.29, 0.717) is 24.6 Å². The van der Waals surface area contributed by atoms with Crippen molar-refractivity contribution < 1.29 is 13.9 Å². The van der Waals surface area contributed by atoms with Crippen molar-refractivity contribution in [2.45, 2.75) is 39.8 Å². The third-order valence-electron chi connectivity index (χ3n) is 5.27. The van der Waals surface area contributed by atoms with Crippen LogP contribution < -0.4 is 9.80 Å². The zero-order valence-corrected chi connectivity index (χ0v) is 19.7. The minimum atomic E-state index is -0.350. The third kappa shape index (κ3) is 4.83. The van der Waals surface area contributed by atoms with Crippen molar-refractivity contribution in [3.8, 4) is 0 Å². The number of aromatic nitrogens is 3. The largest absolute Gasteiger partial charge is 0.378 e. The summed E-state index contributed by atoms with van der Waals surface area (Å²) in [6.45, 7) is 11.3. The minimum absolute atomic E-state index is 0.245. The molecule has 1 amide bonds. The Morgan fingerprint density at radius 1 is 1.22 bits per heavy atom. The SMILES string of the molecule is Cc1cc(C(=O)N(Cc2csc(N3CCOCC3)n2)c2ccc(F)cc2)nn1C(C)(C)C. The second kappa shape index (κ2) is 8.99. The fraction of sp³-hybridized carbons (Fsp3) is 0.435. The van der Waals surface area contributed by atoms with Crippen molar-refractivity contribution in [3.05, 3.63) is 58.6 Å². The molecular weight excluding hydrogens is 429 g/mol. The Labute approximate surface area is 191 Å². The van der Waals surface area contributed by atoms with Gasteiger partial charge in [-0.2, -0.15) is 5.10 Å². The highest BCUT2D eigenvalue weighted by atomic mass is 32.1. The standard InChI is InChI=1S/C23H28FN5O2S/c1-16-13-20(26-29(16)23(2,3)4)21(30)28(19-7-5-17(24)6-8-19)14-18-15-32-22(25-18)27-9-11-31-12-10-27/h5-8,13,15H,9-12,14H2,1-4H3. The molecule has 1 aromatic carbocycles. The Kier molecular flexibility index (Phi) is 6.30. The number of nitrogens with zero attached hydrogens (tertiary/aromatic N) is 5. The van der Waals surface area contributed by atoms with Gasteiger partial charge in [0.25, 0.3) is 5.91 Å². The number of rotatable bonds is 5. The predicted octanol–water partition coefficient (Wildman–Crippen LogP) is 4.23. The van der Waals surface area contributed by atoms with Crippen LogP contribution in [0.1, 0.15) is 42.6 Å². The zero-order valence-electron chi connectivity index (χ0n) is 18.8. The Hall–Kier alpha value is -2.78. The molecule has 32 heavy (non-hydrogen) atoms. The molecule has 0 bridgehead atoms. The number of anilines is 2. The maximum Gasteiger partial charge on any atom is 0.279 e. The molecule has 3 heterocycles. The number of ether oxygens (including phenoxy) is 1. The Balaban J connectivity index is 1.63. The predicted molar refractivity (Wildman–Crippen MR) is 124 cm³/mol. The van der Waals surface area contributed by atoms with Crippen LogP contribution in [0.4, 0.5) is 15.2 Å². The Bertz CT molecular complexity index is 1080. The summed E-state index contributed by atoms with van der Waals surface area (Å²) in [4.78, 5) is 22.1. The second-order valence-corrected chi connectivity index (χ2v) is 9.68. The van der Waals surface area contributed by atoms with E-state index in [1.165, 1.54) is 12.1 Å². The van der Waals surface area contributed by atoms with Crippen LogP contribution >= 0.6 is 11.3 Å². The number of aryl methyl sites for hydroxylation is 1. The topological polar surface area (TPSA) is 63.5 Å². The molecule has 3 aromatic rings. The Morgan fingerprint density at radius 3 is 2.53 bits per heavy atom. The van der Waals surface area contributed by atoms with Gasteiger partial charge >= 0.3 is 0 Å². The van der Waals surface area contributed by atoms with Crippen molar-refractivity contribution in [1.82, 2.24) is 14.8 Å². The number of amides is 1. The van der Waals surface area contributed by atoms with Gasteiger partial charge in [0, 0.05) is 29.9 Å². The van der Waals surface area contributed by atoms with Gasteiger partial charge in [0.2, 0.25) is 0 Å². The van der Waals surface area contributed by atoms with Crippen LogP contribution in [0.5, 0.6) is 0 Å². The molecule has 0 aliphatic carbocycles. The molecule has 170 valence electrons. The summed E-state index contributed by atoms with van der Waals surface area (Å²) in [6.07, 6.45) is 0. The first-order valence-corrected chi connectivity index (χ1v) is 11.5. The second-order valence-electron chi connectivity index (χ2n) is 8.84. The van der Waals surface area contributed by atoms with Crippen LogP contribution in [-0.4, -0.2) is 47.0 Å². The molecule has 0 radical (unpaired) electrons. The van der Waals surface area contributed by atoms with E-state index >= 15 is 0 Å². The molecule has 0 saturated carbocycles. The maximum atomic E-state index is 13.6. The van der Waals surface area contributed by atoms with Gasteiger partial charge in [-0.1, -0.05) is 0 Å². The minimum Gasteiger partial charge on any atom is -0.378 e. The van der Waals surface area contributed by atoms with E-state index in [1.54, 1.807) is 34.4 Å². The monoisotopic (exact) mass is 457 g/mol. The maximum absolute atomic E-state index is 13.6. The summed E-state index contributed by atoms with van der Waals surface area (Å²) < 4.78 is 20.8. The summed E-state index contributed by atoms with van der Waals surface area (Å²) in [5.74, 6) is -0.596. The number of benzene rings is 1. The van der Waals surface area contributed by atoms with Gasteiger partial charge in [0.1, 0.15) is 5.82 Å². The number of carbonyl (C=O) groups excluding carboxylic acids is 1. The van der Waals surface area contributed by atoms with Crippen molar-refractivity contribution in [2.75, 3.05) is 36.1 Å². The van der Waals surface area contributed by atoms with Gasteiger partial charge in [0.15, 0.2) is 10.8 Å². The summed E-state index contributed by atoms with van der Waals surface area (Å²) in [5, 5.41) is 7.46. The lowest BCUT2D eigenvalue weighted by atomic mass is 10.1. The highest BCUT2D eigenvalue weighted by molar-refractivity contribution is 7.13. The van der Waals surface area contributed by atoms with E-state index in [4.69, 9.17) is 9.72 Å². The fourth-order valence-electron chi connectivity index (χ4n) is 3.73. The molecule has 9 heteroatoms. The summed E-state index contributed by atoms with van der Waals surface area (Å²) in [7, 11) is 0. The van der Waals surface area contributed by atoms with Gasteiger partial charge in [-0.05, 0) is 58.0 Å². The molecule has 0 atom stereocenters. The molecule has 1 aliphatic heterocycles. The first-order chi connectivity index (χ1) is 15.2. The van der Waals surface area contributed by atoms with Crippen LogP contribution in [-0.2, 0) is 16.8 Å². The van der Waals surface area contributed by atoms with Crippen molar-refractivity contribution in [3.63, 3.8) is 0 Å². The molecule has 0 spiro atoms. The number of hydrogen-bond acceptors (Lipinski definition) is 6. The number of hydrogen-bond donors (Lipinski definition) is 0. The highest BCUT2D eigenvalue weighted by Crippen LogP contribution is 2.26. The van der Waals surface area contributed by atoms with E-state index in [1.807, 2.05) is 37.8 Å². The molecule has 1 aliphatic rings. The average Bonchev–Trinajstić information content (AvgIpc) is 3.39. The van der Waals surface area contributed by atoms with Gasteiger partial charge in [-0.15, -0.1) is 11.3 Å². The van der Waals surface area contributed by atoms with E-state index in [9.17, 15) is 9.18 Å². The number of carbonyl (C=O) groups is 1. The Morgan fingerprint density at radius 2 is 1.91 bits per heavy atom. The first kappa shape index (κ1) is 22.4. The van der Waals surface area contributed by atoms with Crippen LogP contribution in [0.2, 0.25) is 0 Å². The lowest BCUT2D eigenvalue weighted by Gasteiger charge is -2.26. The first-order valence-electron chi connectivity index (χ1n) is 10.6. The normalized spacial score (nSPS) is 14.6. The molecule has 4 rings (SSSR count). The van der Waals surface area contributed by atoms with Crippen molar-refractivity contribution in [2.24, 2.45) is 0 Å². The van der Waals surface area contributed by atoms with Crippen LogP contribution in [0, 0.1) is 12.7 Å². The molecule has 1 saturated heterocycles. The number of halogens is 1. The summed E-state index contributed by atoms with van der Waals surface area (Å²) >= 11 is 1.55. The lowest BCUT2D eigenvalue weighted by Crippen LogP contribution is -2.36. The van der Waals surface area contributed by atoms with Crippen molar-refractivity contribution >= 4 is 28.1 Å². The van der Waals surface area contributed by atoms with Crippen LogP contribution in [0.3, 0.4) is 0 Å². The van der Waals surface area contributed by atoms with Gasteiger partial charge in [0.05, 0.1) is 31.0 Å². The smallest absolute Gasteiger partial charge is 0.279 e. The fourth-order valence-corrected chi connectivity index (χ4v) is 4.60. The van der Waals surface area contributed by atoms with E-state index < -0.39 is 0 Å². The number of thiazole rings is 1.